The van der Waals surface area contributed by atoms with E-state index in [-0.39, 0.29) is 18.7 Å². The lowest BCUT2D eigenvalue weighted by Crippen LogP contribution is -2.51. The van der Waals surface area contributed by atoms with E-state index in [1.807, 2.05) is 4.90 Å². The number of benzene rings is 1. The van der Waals surface area contributed by atoms with E-state index in [2.05, 4.69) is 9.98 Å². The molecule has 1 N–H and O–H groups in total. The van der Waals surface area contributed by atoms with E-state index in [1.54, 1.807) is 24.4 Å². The highest BCUT2D eigenvalue weighted by Crippen LogP contribution is 2.40. The van der Waals surface area contributed by atoms with Gasteiger partial charge >= 0.3 is 12.1 Å². The first kappa shape index (κ1) is 21.8. The number of rotatable bonds is 4. The highest BCUT2D eigenvalue weighted by Gasteiger charge is 2.51. The maximum absolute atomic E-state index is 13.0. The van der Waals surface area contributed by atoms with Gasteiger partial charge in [0.05, 0.1) is 5.56 Å². The third-order valence-electron chi connectivity index (χ3n) is 5.64. The molecule has 2 heterocycles. The summed E-state index contributed by atoms with van der Waals surface area (Å²) in [5, 5.41) is 9.54. The van der Waals surface area contributed by atoms with E-state index in [1.165, 1.54) is 17.0 Å². The summed E-state index contributed by atoms with van der Waals surface area (Å²) in [4.78, 5) is 36.6. The molecular formula is C22H21F3N4O3. The average Bonchev–Trinajstić information content (AvgIpc) is 3.58. The highest BCUT2D eigenvalue weighted by molar-refractivity contribution is 6.00. The van der Waals surface area contributed by atoms with Crippen molar-refractivity contribution in [3.05, 3.63) is 65.5 Å². The van der Waals surface area contributed by atoms with Crippen LogP contribution in [0.15, 0.2) is 53.7 Å². The molecule has 2 aliphatic rings. The first-order valence-electron chi connectivity index (χ1n) is 10.2. The minimum Gasteiger partial charge on any atom is -0.479 e. The molecule has 2 aromatic rings. The lowest BCUT2D eigenvalue weighted by Gasteiger charge is -2.36. The summed E-state index contributed by atoms with van der Waals surface area (Å²) >= 11 is 0. The molecule has 0 atom stereocenters. The molecule has 10 heteroatoms. The van der Waals surface area contributed by atoms with Crippen molar-refractivity contribution in [2.45, 2.75) is 24.6 Å². The average molecular weight is 446 g/mol. The highest BCUT2D eigenvalue weighted by atomic mass is 19.4. The first-order valence-corrected chi connectivity index (χ1v) is 10.2. The Morgan fingerprint density at radius 1 is 1.00 bits per heavy atom. The molecule has 0 spiro atoms. The maximum atomic E-state index is 13.0. The van der Waals surface area contributed by atoms with Crippen LogP contribution in [0.3, 0.4) is 0 Å². The first-order chi connectivity index (χ1) is 15.2. The number of carbonyl (C=O) groups is 2. The third kappa shape index (κ3) is 4.44. The number of amides is 1. The minimum atomic E-state index is -4.52. The number of halogens is 3. The van der Waals surface area contributed by atoms with Crippen molar-refractivity contribution in [1.29, 1.82) is 0 Å². The van der Waals surface area contributed by atoms with Gasteiger partial charge in [0.1, 0.15) is 5.69 Å². The third-order valence-corrected chi connectivity index (χ3v) is 5.64. The summed E-state index contributed by atoms with van der Waals surface area (Å²) in [6, 6.07) is 9.66. The van der Waals surface area contributed by atoms with Crippen LogP contribution in [0.5, 0.6) is 0 Å². The zero-order valence-electron chi connectivity index (χ0n) is 17.0. The fourth-order valence-corrected chi connectivity index (χ4v) is 3.61. The van der Waals surface area contributed by atoms with Crippen LogP contribution in [0.2, 0.25) is 0 Å². The predicted octanol–water partition coefficient (Wildman–Crippen LogP) is 2.92. The number of aliphatic imine (C=N–C) groups is 1. The van der Waals surface area contributed by atoms with Crippen molar-refractivity contribution in [3.8, 4) is 0 Å². The molecule has 1 saturated heterocycles. The van der Waals surface area contributed by atoms with Gasteiger partial charge in [0.2, 0.25) is 0 Å². The Morgan fingerprint density at radius 3 is 2.25 bits per heavy atom. The molecule has 7 nitrogen and oxygen atoms in total. The lowest BCUT2D eigenvalue weighted by molar-refractivity contribution is -0.139. The molecule has 0 unspecified atom stereocenters. The number of carboxylic acid groups (broad SMARTS) is 1. The number of alkyl halides is 3. The number of nitrogens with zero attached hydrogens (tertiary/aromatic N) is 4. The maximum Gasteiger partial charge on any atom is 0.416 e. The number of aromatic nitrogens is 1. The predicted molar refractivity (Wildman–Crippen MR) is 109 cm³/mol. The molecule has 1 amide bonds. The molecule has 1 aromatic heterocycles. The summed E-state index contributed by atoms with van der Waals surface area (Å²) in [7, 11) is 0. The topological polar surface area (TPSA) is 86.1 Å². The molecule has 2 fully saturated rings. The number of amidine groups is 1. The van der Waals surface area contributed by atoms with Gasteiger partial charge in [-0.1, -0.05) is 12.1 Å². The van der Waals surface area contributed by atoms with Crippen LogP contribution >= 0.6 is 0 Å². The fraction of sp³-hybridized carbons (Fsp3) is 0.364. The molecule has 1 aliphatic heterocycles. The SMILES string of the molecule is O=C(c1cccc(C(F)(F)F)c1)N1CCN(C(=NC2(C(=O)O)CC2)c2ccccn2)CC1. The van der Waals surface area contributed by atoms with Crippen LogP contribution in [-0.2, 0) is 11.0 Å². The van der Waals surface area contributed by atoms with Gasteiger partial charge in [-0.3, -0.25) is 9.78 Å². The van der Waals surface area contributed by atoms with Crippen molar-refractivity contribution in [1.82, 2.24) is 14.8 Å². The van der Waals surface area contributed by atoms with Crippen LogP contribution < -0.4 is 0 Å². The Hall–Kier alpha value is -3.43. The Balaban J connectivity index is 1.51. The van der Waals surface area contributed by atoms with E-state index in [0.29, 0.717) is 37.5 Å². The van der Waals surface area contributed by atoms with Gasteiger partial charge < -0.3 is 14.9 Å². The molecule has 1 saturated carbocycles. The largest absolute Gasteiger partial charge is 0.479 e. The number of hydrogen-bond acceptors (Lipinski definition) is 4. The molecule has 0 radical (unpaired) electrons. The van der Waals surface area contributed by atoms with Gasteiger partial charge in [-0.05, 0) is 43.2 Å². The Morgan fingerprint density at radius 2 is 1.69 bits per heavy atom. The van der Waals surface area contributed by atoms with Crippen molar-refractivity contribution in [2.75, 3.05) is 26.2 Å². The normalized spacial score (nSPS) is 18.4. The lowest BCUT2D eigenvalue weighted by atomic mass is 10.1. The number of pyridine rings is 1. The zero-order chi connectivity index (χ0) is 22.9. The van der Waals surface area contributed by atoms with Gasteiger partial charge in [0.15, 0.2) is 11.4 Å². The molecule has 4 rings (SSSR count). The number of carbonyl (C=O) groups excluding carboxylic acids is 1. The summed E-state index contributed by atoms with van der Waals surface area (Å²) < 4.78 is 38.9. The molecule has 168 valence electrons. The summed E-state index contributed by atoms with van der Waals surface area (Å²) in [6.45, 7) is 1.24. The number of carboxylic acids is 1. The molecular weight excluding hydrogens is 425 g/mol. The number of hydrogen-bond donors (Lipinski definition) is 1. The number of aliphatic carboxylic acids is 1. The Labute approximate surface area is 182 Å². The second-order valence-corrected chi connectivity index (χ2v) is 7.84. The van der Waals surface area contributed by atoms with E-state index in [0.717, 1.165) is 12.1 Å². The molecule has 1 aromatic carbocycles. The van der Waals surface area contributed by atoms with Crippen LogP contribution in [0.4, 0.5) is 13.2 Å². The second-order valence-electron chi connectivity index (χ2n) is 7.84. The van der Waals surface area contributed by atoms with Crippen LogP contribution in [0.1, 0.15) is 34.5 Å². The quantitative estimate of drug-likeness (QED) is 0.577. The Kier molecular flexibility index (Phi) is 5.62. The van der Waals surface area contributed by atoms with Gasteiger partial charge in [0.25, 0.3) is 5.91 Å². The Bertz CT molecular complexity index is 1040. The van der Waals surface area contributed by atoms with E-state index in [4.69, 9.17) is 0 Å². The van der Waals surface area contributed by atoms with Crippen LogP contribution in [0, 0.1) is 0 Å². The molecule has 1 aliphatic carbocycles. The summed E-state index contributed by atoms with van der Waals surface area (Å²) in [6.07, 6.45) is -2.02. The number of piperazine rings is 1. The van der Waals surface area contributed by atoms with Gasteiger partial charge in [0, 0.05) is 37.9 Å². The summed E-state index contributed by atoms with van der Waals surface area (Å²) in [5.41, 5.74) is -1.49. The van der Waals surface area contributed by atoms with E-state index in [9.17, 15) is 27.9 Å². The molecule has 0 bridgehead atoms. The monoisotopic (exact) mass is 446 g/mol. The zero-order valence-corrected chi connectivity index (χ0v) is 17.0. The van der Waals surface area contributed by atoms with Crippen molar-refractivity contribution in [3.63, 3.8) is 0 Å². The smallest absolute Gasteiger partial charge is 0.416 e. The fourth-order valence-electron chi connectivity index (χ4n) is 3.61. The minimum absolute atomic E-state index is 0.0188. The molecule has 32 heavy (non-hydrogen) atoms. The van der Waals surface area contributed by atoms with Crippen molar-refractivity contribution in [2.24, 2.45) is 4.99 Å². The van der Waals surface area contributed by atoms with Crippen LogP contribution in [0.25, 0.3) is 0 Å². The van der Waals surface area contributed by atoms with Gasteiger partial charge in [-0.15, -0.1) is 0 Å². The van der Waals surface area contributed by atoms with Crippen molar-refractivity contribution >= 4 is 17.7 Å². The van der Waals surface area contributed by atoms with Gasteiger partial charge in [-0.2, -0.15) is 13.2 Å². The van der Waals surface area contributed by atoms with E-state index < -0.39 is 29.2 Å². The summed E-state index contributed by atoms with van der Waals surface area (Å²) in [5.74, 6) is -1.00. The van der Waals surface area contributed by atoms with E-state index >= 15 is 0 Å². The van der Waals surface area contributed by atoms with Gasteiger partial charge in [-0.25, -0.2) is 9.79 Å². The van der Waals surface area contributed by atoms with Crippen molar-refractivity contribution < 1.29 is 27.9 Å². The van der Waals surface area contributed by atoms with Crippen LogP contribution in [-0.4, -0.2) is 69.3 Å². The second kappa shape index (κ2) is 8.25. The standard InChI is InChI=1S/C22H21F3N4O3/c23-22(24,25)16-5-3-4-15(14-16)19(30)29-12-10-28(11-13-29)18(17-6-1-2-9-26-17)27-21(7-8-21)20(31)32/h1-6,9,14H,7-8,10-13H2,(H,31,32).